The lowest BCUT2D eigenvalue weighted by Gasteiger charge is -2.20. The maximum atomic E-state index is 12.8. The van der Waals surface area contributed by atoms with Crippen molar-refractivity contribution in [3.05, 3.63) is 61.2 Å². The number of hydrogen-bond donors (Lipinski definition) is 1. The molecule has 0 unspecified atom stereocenters. The number of sulfonamides is 1. The number of nitrogens with one attached hydrogen (secondary N) is 1. The number of rotatable bonds is 9. The fourth-order valence-corrected chi connectivity index (χ4v) is 3.76. The van der Waals surface area contributed by atoms with Crippen LogP contribution < -0.4 is 14.8 Å². The molecule has 0 spiro atoms. The van der Waals surface area contributed by atoms with Crippen molar-refractivity contribution in [1.82, 2.24) is 4.31 Å². The number of nitrogens with zero attached hydrogens (tertiary/aromatic N) is 1. The number of amides is 1. The molecule has 0 radical (unpaired) electrons. The van der Waals surface area contributed by atoms with Crippen LogP contribution in [0, 0.1) is 0 Å². The fraction of sp³-hybridized carbons (Fsp3) is 0.211. The molecule has 2 aromatic carbocycles. The molecule has 2 rings (SSSR count). The van der Waals surface area contributed by atoms with Gasteiger partial charge in [-0.05, 0) is 48.5 Å². The van der Waals surface area contributed by atoms with Crippen molar-refractivity contribution in [3.8, 4) is 11.5 Å². The van der Waals surface area contributed by atoms with Crippen LogP contribution in [0.5, 0.6) is 11.5 Å². The summed E-state index contributed by atoms with van der Waals surface area (Å²) < 4.78 is 71.9. The van der Waals surface area contributed by atoms with Crippen LogP contribution in [0.4, 0.5) is 18.9 Å². The van der Waals surface area contributed by atoms with Crippen LogP contribution in [0.25, 0.3) is 0 Å². The average Bonchev–Trinajstić information content (AvgIpc) is 2.68. The zero-order valence-corrected chi connectivity index (χ0v) is 16.7. The standard InChI is InChI=1S/C19H19F3N2O5S/c1-3-12-24(30(26,27)17-10-8-15(28-2)9-11-17)13-18(25)23-14-4-6-16(7-5-14)29-19(20,21)22/h3-11H,1,12-13H2,2H3,(H,23,25). The molecule has 7 nitrogen and oxygen atoms in total. The number of halogens is 3. The average molecular weight is 444 g/mol. The molecular formula is C19H19F3N2O5S. The SMILES string of the molecule is C=CCN(CC(=O)Nc1ccc(OC(F)(F)F)cc1)S(=O)(=O)c1ccc(OC)cc1. The molecule has 0 aliphatic heterocycles. The van der Waals surface area contributed by atoms with Gasteiger partial charge in [0.1, 0.15) is 11.5 Å². The highest BCUT2D eigenvalue weighted by atomic mass is 32.2. The van der Waals surface area contributed by atoms with E-state index in [1.165, 1.54) is 49.6 Å². The Labute approximate surface area is 171 Å². The molecule has 0 heterocycles. The minimum Gasteiger partial charge on any atom is -0.497 e. The summed E-state index contributed by atoms with van der Waals surface area (Å²) in [5.41, 5.74) is 0.176. The number of carbonyl (C=O) groups excluding carboxylic acids is 1. The number of carbonyl (C=O) groups is 1. The van der Waals surface area contributed by atoms with Gasteiger partial charge in [-0.25, -0.2) is 8.42 Å². The molecular weight excluding hydrogens is 425 g/mol. The summed E-state index contributed by atoms with van der Waals surface area (Å²) in [6, 6.07) is 10.1. The second-order valence-electron chi connectivity index (χ2n) is 5.88. The molecule has 0 aromatic heterocycles. The van der Waals surface area contributed by atoms with Gasteiger partial charge < -0.3 is 14.8 Å². The number of hydrogen-bond acceptors (Lipinski definition) is 5. The van der Waals surface area contributed by atoms with Crippen molar-refractivity contribution in [2.75, 3.05) is 25.5 Å². The zero-order chi connectivity index (χ0) is 22.4. The molecule has 11 heteroatoms. The van der Waals surface area contributed by atoms with E-state index < -0.39 is 34.6 Å². The first-order chi connectivity index (χ1) is 14.0. The monoisotopic (exact) mass is 444 g/mol. The first-order valence-corrected chi connectivity index (χ1v) is 9.90. The summed E-state index contributed by atoms with van der Waals surface area (Å²) in [7, 11) is -2.56. The van der Waals surface area contributed by atoms with E-state index in [0.717, 1.165) is 16.4 Å². The van der Waals surface area contributed by atoms with Crippen molar-refractivity contribution in [3.63, 3.8) is 0 Å². The van der Waals surface area contributed by atoms with Crippen LogP contribution in [0.1, 0.15) is 0 Å². The number of anilines is 1. The van der Waals surface area contributed by atoms with Gasteiger partial charge in [0, 0.05) is 12.2 Å². The Morgan fingerprint density at radius 3 is 2.17 bits per heavy atom. The molecule has 0 saturated carbocycles. The van der Waals surface area contributed by atoms with E-state index in [1.54, 1.807) is 0 Å². The summed E-state index contributed by atoms with van der Waals surface area (Å²) in [4.78, 5) is 12.3. The lowest BCUT2D eigenvalue weighted by molar-refractivity contribution is -0.274. The first-order valence-electron chi connectivity index (χ1n) is 8.46. The Bertz CT molecular complexity index is 975. The predicted octanol–water partition coefficient (Wildman–Crippen LogP) is 3.41. The quantitative estimate of drug-likeness (QED) is 0.600. The molecule has 1 N–H and O–H groups in total. The Morgan fingerprint density at radius 2 is 1.67 bits per heavy atom. The van der Waals surface area contributed by atoms with E-state index in [4.69, 9.17) is 4.74 Å². The molecule has 162 valence electrons. The topological polar surface area (TPSA) is 84.9 Å². The Morgan fingerprint density at radius 1 is 1.10 bits per heavy atom. The predicted molar refractivity (Wildman–Crippen MR) is 104 cm³/mol. The van der Waals surface area contributed by atoms with Gasteiger partial charge in [-0.15, -0.1) is 19.8 Å². The summed E-state index contributed by atoms with van der Waals surface area (Å²) in [5.74, 6) is -0.658. The van der Waals surface area contributed by atoms with E-state index in [0.29, 0.717) is 5.75 Å². The van der Waals surface area contributed by atoms with Crippen LogP contribution in [0.15, 0.2) is 66.1 Å². The second kappa shape index (κ2) is 9.63. The molecule has 0 aliphatic carbocycles. The highest BCUT2D eigenvalue weighted by Gasteiger charge is 2.31. The fourth-order valence-electron chi connectivity index (χ4n) is 2.39. The van der Waals surface area contributed by atoms with Crippen LogP contribution in [-0.4, -0.2) is 45.2 Å². The minimum absolute atomic E-state index is 0.0356. The van der Waals surface area contributed by atoms with Gasteiger partial charge in [0.25, 0.3) is 0 Å². The molecule has 0 saturated heterocycles. The second-order valence-corrected chi connectivity index (χ2v) is 7.82. The number of benzene rings is 2. The smallest absolute Gasteiger partial charge is 0.497 e. The normalized spacial score (nSPS) is 11.8. The highest BCUT2D eigenvalue weighted by Crippen LogP contribution is 2.24. The van der Waals surface area contributed by atoms with Gasteiger partial charge in [0.15, 0.2) is 0 Å². The molecule has 0 bridgehead atoms. The lowest BCUT2D eigenvalue weighted by Crippen LogP contribution is -2.38. The number of alkyl halides is 3. The third-order valence-corrected chi connectivity index (χ3v) is 5.55. The Hall–Kier alpha value is -3.05. The number of ether oxygens (including phenoxy) is 2. The maximum Gasteiger partial charge on any atom is 0.573 e. The van der Waals surface area contributed by atoms with Gasteiger partial charge in [-0.1, -0.05) is 6.08 Å². The minimum atomic E-state index is -4.83. The molecule has 2 aromatic rings. The molecule has 0 atom stereocenters. The maximum absolute atomic E-state index is 12.8. The van der Waals surface area contributed by atoms with Crippen molar-refractivity contribution in [1.29, 1.82) is 0 Å². The van der Waals surface area contributed by atoms with E-state index >= 15 is 0 Å². The van der Waals surface area contributed by atoms with Crippen LogP contribution in [0.3, 0.4) is 0 Å². The zero-order valence-electron chi connectivity index (χ0n) is 15.8. The van der Waals surface area contributed by atoms with Gasteiger partial charge in [0.2, 0.25) is 15.9 Å². The van der Waals surface area contributed by atoms with Crippen molar-refractivity contribution >= 4 is 21.6 Å². The highest BCUT2D eigenvalue weighted by molar-refractivity contribution is 7.89. The summed E-state index contributed by atoms with van der Waals surface area (Å²) in [6.45, 7) is 2.85. The van der Waals surface area contributed by atoms with Gasteiger partial charge in [0.05, 0.1) is 18.6 Å². The summed E-state index contributed by atoms with van der Waals surface area (Å²) in [6.07, 6.45) is -3.50. The van der Waals surface area contributed by atoms with Gasteiger partial charge >= 0.3 is 6.36 Å². The third kappa shape index (κ3) is 6.49. The van der Waals surface area contributed by atoms with E-state index in [1.807, 2.05) is 0 Å². The van der Waals surface area contributed by atoms with Crippen molar-refractivity contribution in [2.24, 2.45) is 0 Å². The third-order valence-electron chi connectivity index (χ3n) is 3.72. The van der Waals surface area contributed by atoms with E-state index in [2.05, 4.69) is 16.6 Å². The van der Waals surface area contributed by atoms with Crippen LogP contribution in [-0.2, 0) is 14.8 Å². The van der Waals surface area contributed by atoms with Crippen LogP contribution >= 0.6 is 0 Å². The summed E-state index contributed by atoms with van der Waals surface area (Å²) >= 11 is 0. The van der Waals surface area contributed by atoms with Crippen molar-refractivity contribution < 1.29 is 35.9 Å². The summed E-state index contributed by atoms with van der Waals surface area (Å²) in [5, 5.41) is 2.43. The number of methoxy groups -OCH3 is 1. The van der Waals surface area contributed by atoms with Crippen LogP contribution in [0.2, 0.25) is 0 Å². The van der Waals surface area contributed by atoms with E-state index in [-0.39, 0.29) is 17.1 Å². The molecule has 30 heavy (non-hydrogen) atoms. The van der Waals surface area contributed by atoms with Gasteiger partial charge in [-0.2, -0.15) is 4.31 Å². The largest absolute Gasteiger partial charge is 0.573 e. The Balaban J connectivity index is 2.10. The molecule has 0 fully saturated rings. The lowest BCUT2D eigenvalue weighted by atomic mass is 10.3. The van der Waals surface area contributed by atoms with E-state index in [9.17, 15) is 26.4 Å². The Kier molecular flexibility index (Phi) is 7.46. The molecule has 0 aliphatic rings. The molecule has 1 amide bonds. The van der Waals surface area contributed by atoms with Crippen molar-refractivity contribution in [2.45, 2.75) is 11.3 Å². The van der Waals surface area contributed by atoms with Gasteiger partial charge in [-0.3, -0.25) is 4.79 Å². The first kappa shape index (κ1) is 23.2.